The summed E-state index contributed by atoms with van der Waals surface area (Å²) in [4.78, 5) is 26.6. The van der Waals surface area contributed by atoms with E-state index in [1.807, 2.05) is 42.5 Å². The van der Waals surface area contributed by atoms with Crippen LogP contribution in [0, 0.1) is 0 Å². The van der Waals surface area contributed by atoms with Crippen LogP contribution in [0.5, 0.6) is 11.5 Å². The largest absolute Gasteiger partial charge is 0.486 e. The summed E-state index contributed by atoms with van der Waals surface area (Å²) in [6, 6.07) is 14.6. The van der Waals surface area contributed by atoms with Gasteiger partial charge in [-0.2, -0.15) is 0 Å². The van der Waals surface area contributed by atoms with Gasteiger partial charge in [0.05, 0.1) is 0 Å². The van der Waals surface area contributed by atoms with Crippen molar-refractivity contribution in [2.45, 2.75) is 12.5 Å². The van der Waals surface area contributed by atoms with Crippen LogP contribution in [0.15, 0.2) is 54.6 Å². The number of nitrogens with one attached hydrogen (secondary N) is 1. The average Bonchev–Trinajstić information content (AvgIpc) is 2.92. The Morgan fingerprint density at radius 2 is 1.81 bits per heavy atom. The molecule has 0 unspecified atom stereocenters. The Morgan fingerprint density at radius 3 is 2.59 bits per heavy atom. The van der Waals surface area contributed by atoms with Crippen LogP contribution in [0.3, 0.4) is 0 Å². The molecule has 0 bridgehead atoms. The maximum absolute atomic E-state index is 13.0. The zero-order valence-electron chi connectivity index (χ0n) is 15.0. The minimum Gasteiger partial charge on any atom is -0.486 e. The summed E-state index contributed by atoms with van der Waals surface area (Å²) in [5.41, 5.74) is 0.548. The number of hydrogen-bond donors (Lipinski definition) is 1. The van der Waals surface area contributed by atoms with Gasteiger partial charge in [-0.15, -0.1) is 0 Å². The number of carbonyl (C=O) groups excluding carboxylic acids is 2. The maximum atomic E-state index is 13.0. The highest BCUT2D eigenvalue weighted by atomic mass is 16.6. The molecular weight excluding hydrogens is 344 g/mol. The van der Waals surface area contributed by atoms with Gasteiger partial charge in [-0.25, -0.2) is 4.79 Å². The van der Waals surface area contributed by atoms with Crippen LogP contribution < -0.4 is 14.8 Å². The fourth-order valence-corrected chi connectivity index (χ4v) is 3.27. The van der Waals surface area contributed by atoms with Gasteiger partial charge >= 0.3 is 6.03 Å². The molecule has 2 aromatic carbocycles. The first-order valence-corrected chi connectivity index (χ1v) is 8.84. The minimum absolute atomic E-state index is 0.208. The summed E-state index contributed by atoms with van der Waals surface area (Å²) in [7, 11) is 0. The van der Waals surface area contributed by atoms with E-state index in [1.54, 1.807) is 25.1 Å². The molecule has 2 aliphatic rings. The summed E-state index contributed by atoms with van der Waals surface area (Å²) < 4.78 is 11.1. The standard InChI is InChI=1S/C21H20N2O4/c1-21(16-9-10-17-18(14-16)27-13-12-26-17)19(24)23(20(25)22-21)11-5-8-15-6-3-2-4-7-15/h2-10,14H,11-13H2,1H3,(H,22,25)/b8-5+/t21-/m0/s1. The highest BCUT2D eigenvalue weighted by molar-refractivity contribution is 6.07. The van der Waals surface area contributed by atoms with E-state index >= 15 is 0 Å². The molecule has 6 nitrogen and oxygen atoms in total. The number of hydrogen-bond acceptors (Lipinski definition) is 4. The number of nitrogens with zero attached hydrogens (tertiary/aromatic N) is 1. The predicted molar refractivity (Wildman–Crippen MR) is 101 cm³/mol. The number of imide groups is 1. The van der Waals surface area contributed by atoms with Crippen LogP contribution in [0.2, 0.25) is 0 Å². The molecule has 4 rings (SSSR count). The van der Waals surface area contributed by atoms with Crippen molar-refractivity contribution in [1.29, 1.82) is 0 Å². The van der Waals surface area contributed by atoms with E-state index in [9.17, 15) is 9.59 Å². The lowest BCUT2D eigenvalue weighted by molar-refractivity contribution is -0.130. The van der Waals surface area contributed by atoms with E-state index in [4.69, 9.17) is 9.47 Å². The van der Waals surface area contributed by atoms with E-state index in [2.05, 4.69) is 5.32 Å². The number of amides is 3. The average molecular weight is 364 g/mol. The van der Waals surface area contributed by atoms with Crippen molar-refractivity contribution in [3.63, 3.8) is 0 Å². The van der Waals surface area contributed by atoms with Crippen molar-refractivity contribution in [2.24, 2.45) is 0 Å². The second-order valence-corrected chi connectivity index (χ2v) is 6.64. The first kappa shape index (κ1) is 17.1. The smallest absolute Gasteiger partial charge is 0.325 e. The molecule has 1 N–H and O–H groups in total. The van der Waals surface area contributed by atoms with Crippen LogP contribution in [0.1, 0.15) is 18.1 Å². The lowest BCUT2D eigenvalue weighted by Gasteiger charge is -2.25. The third-order valence-corrected chi connectivity index (χ3v) is 4.79. The Morgan fingerprint density at radius 1 is 1.07 bits per heavy atom. The summed E-state index contributed by atoms with van der Waals surface area (Å²) in [5.74, 6) is 0.944. The summed E-state index contributed by atoms with van der Waals surface area (Å²) in [5, 5.41) is 2.81. The number of ether oxygens (including phenoxy) is 2. The van der Waals surface area contributed by atoms with Crippen molar-refractivity contribution in [2.75, 3.05) is 19.8 Å². The zero-order chi connectivity index (χ0) is 18.9. The van der Waals surface area contributed by atoms with Crippen LogP contribution in [-0.2, 0) is 10.3 Å². The molecular formula is C21H20N2O4. The first-order valence-electron chi connectivity index (χ1n) is 8.84. The molecule has 2 aromatic rings. The lowest BCUT2D eigenvalue weighted by atomic mass is 9.91. The molecule has 0 aromatic heterocycles. The van der Waals surface area contributed by atoms with Gasteiger partial charge in [0.1, 0.15) is 18.8 Å². The number of fused-ring (bicyclic) bond motifs is 1. The molecule has 3 amide bonds. The van der Waals surface area contributed by atoms with Gasteiger partial charge in [0.2, 0.25) is 0 Å². The normalized spacial score (nSPS) is 21.6. The van der Waals surface area contributed by atoms with E-state index in [1.165, 1.54) is 4.90 Å². The van der Waals surface area contributed by atoms with Gasteiger partial charge < -0.3 is 14.8 Å². The molecule has 2 heterocycles. The number of urea groups is 1. The lowest BCUT2D eigenvalue weighted by Crippen LogP contribution is -2.41. The molecule has 1 fully saturated rings. The fraction of sp³-hybridized carbons (Fsp3) is 0.238. The monoisotopic (exact) mass is 364 g/mol. The zero-order valence-corrected chi connectivity index (χ0v) is 15.0. The van der Waals surface area contributed by atoms with E-state index in [0.717, 1.165) is 5.56 Å². The Bertz CT molecular complexity index is 910. The third kappa shape index (κ3) is 3.14. The van der Waals surface area contributed by atoms with E-state index in [0.29, 0.717) is 30.3 Å². The molecule has 2 aliphatic heterocycles. The summed E-state index contributed by atoms with van der Waals surface area (Å²) >= 11 is 0. The topological polar surface area (TPSA) is 67.9 Å². The number of rotatable bonds is 4. The van der Waals surface area contributed by atoms with Gasteiger partial charge in [-0.3, -0.25) is 9.69 Å². The molecule has 1 saturated heterocycles. The van der Waals surface area contributed by atoms with Crippen LogP contribution >= 0.6 is 0 Å². The Hall–Kier alpha value is -3.28. The Labute approximate surface area is 157 Å². The highest BCUT2D eigenvalue weighted by Gasteiger charge is 2.48. The highest BCUT2D eigenvalue weighted by Crippen LogP contribution is 2.36. The molecule has 1 atom stereocenters. The van der Waals surface area contributed by atoms with Crippen LogP contribution in [0.4, 0.5) is 4.79 Å². The first-order chi connectivity index (χ1) is 13.1. The molecule has 0 spiro atoms. The molecule has 0 saturated carbocycles. The van der Waals surface area contributed by atoms with Gasteiger partial charge in [0.25, 0.3) is 5.91 Å². The van der Waals surface area contributed by atoms with Crippen LogP contribution in [-0.4, -0.2) is 36.6 Å². The van der Waals surface area contributed by atoms with Gasteiger partial charge in [-0.1, -0.05) is 48.6 Å². The predicted octanol–water partition coefficient (Wildman–Crippen LogP) is 2.94. The van der Waals surface area contributed by atoms with Gasteiger partial charge in [-0.05, 0) is 30.2 Å². The molecule has 27 heavy (non-hydrogen) atoms. The van der Waals surface area contributed by atoms with Gasteiger partial charge in [0.15, 0.2) is 11.5 Å². The summed E-state index contributed by atoms with van der Waals surface area (Å²) in [6.07, 6.45) is 3.70. The van der Waals surface area contributed by atoms with Crippen molar-refractivity contribution < 1.29 is 19.1 Å². The number of carbonyl (C=O) groups is 2. The second kappa shape index (κ2) is 6.79. The van der Waals surface area contributed by atoms with Crippen LogP contribution in [0.25, 0.3) is 6.08 Å². The van der Waals surface area contributed by atoms with Crippen molar-refractivity contribution in [3.8, 4) is 11.5 Å². The van der Waals surface area contributed by atoms with Gasteiger partial charge in [0, 0.05) is 6.54 Å². The van der Waals surface area contributed by atoms with E-state index in [-0.39, 0.29) is 12.5 Å². The SMILES string of the molecule is C[C@@]1(c2ccc3c(c2)OCCO3)NC(=O)N(C/C=C/c2ccccc2)C1=O. The second-order valence-electron chi connectivity index (χ2n) is 6.64. The fourth-order valence-electron chi connectivity index (χ4n) is 3.27. The molecule has 0 radical (unpaired) electrons. The van der Waals surface area contributed by atoms with E-state index < -0.39 is 11.6 Å². The third-order valence-electron chi connectivity index (χ3n) is 4.79. The maximum Gasteiger partial charge on any atom is 0.325 e. The van der Waals surface area contributed by atoms with Crippen molar-refractivity contribution in [3.05, 3.63) is 65.7 Å². The minimum atomic E-state index is -1.13. The summed E-state index contributed by atoms with van der Waals surface area (Å²) in [6.45, 7) is 2.88. The number of benzene rings is 2. The molecule has 0 aliphatic carbocycles. The Kier molecular flexibility index (Phi) is 4.32. The Balaban J connectivity index is 1.54. The van der Waals surface area contributed by atoms with Crippen molar-refractivity contribution in [1.82, 2.24) is 10.2 Å². The van der Waals surface area contributed by atoms with Crippen molar-refractivity contribution >= 4 is 18.0 Å². The quantitative estimate of drug-likeness (QED) is 0.847. The molecule has 6 heteroatoms. The molecule has 138 valence electrons.